The molecule has 2 heterocycles. The van der Waals surface area contributed by atoms with E-state index in [1.807, 2.05) is 12.1 Å². The molecule has 0 aliphatic carbocycles. The zero-order valence-corrected chi connectivity index (χ0v) is 41.4. The molecular weight excluding hydrogens is 952 g/mol. The van der Waals surface area contributed by atoms with Crippen LogP contribution in [0.5, 0.6) is 5.75 Å². The minimum absolute atomic E-state index is 0. The summed E-state index contributed by atoms with van der Waals surface area (Å²) in [6, 6.07) is 41.1. The summed E-state index contributed by atoms with van der Waals surface area (Å²) in [5.74, 6) is 1.59. The first kappa shape index (κ1) is 45.6. The maximum Gasteiger partial charge on any atom is 0.148 e. The van der Waals surface area contributed by atoms with E-state index in [0.717, 1.165) is 66.7 Å². The van der Waals surface area contributed by atoms with Crippen LogP contribution in [0.2, 0.25) is 0 Å². The molecule has 6 heteroatoms. The van der Waals surface area contributed by atoms with Crippen molar-refractivity contribution in [3.63, 3.8) is 0 Å². The number of phenolic OH excluding ortho intramolecular Hbond substituents is 1. The summed E-state index contributed by atoms with van der Waals surface area (Å²) in [6.07, 6.45) is 3.53. The van der Waals surface area contributed by atoms with Crippen molar-refractivity contribution in [2.24, 2.45) is 0 Å². The fourth-order valence-electron chi connectivity index (χ4n) is 8.29. The zero-order chi connectivity index (χ0) is 44.5. The van der Waals surface area contributed by atoms with E-state index >= 15 is 0 Å². The number of benzene rings is 6. The summed E-state index contributed by atoms with van der Waals surface area (Å²) in [6.45, 7) is 29.1. The molecule has 2 aromatic heterocycles. The minimum Gasteiger partial charge on any atom is -0.507 e. The van der Waals surface area contributed by atoms with Gasteiger partial charge in [0.05, 0.1) is 27.6 Å². The normalized spacial score (nSPS) is 12.4. The third-order valence-corrected chi connectivity index (χ3v) is 12.3. The molecule has 1 N–H and O–H groups in total. The Morgan fingerprint density at radius 1 is 0.540 bits per heavy atom. The van der Waals surface area contributed by atoms with E-state index in [9.17, 15) is 5.11 Å². The van der Waals surface area contributed by atoms with Crippen molar-refractivity contribution in [3.05, 3.63) is 149 Å². The molecule has 0 saturated carbocycles. The summed E-state index contributed by atoms with van der Waals surface area (Å²) in [7, 11) is 0. The number of fused-ring (bicyclic) bond motifs is 2. The second-order valence-electron chi connectivity index (χ2n) is 20.8. The number of imidazole rings is 1. The van der Waals surface area contributed by atoms with E-state index in [-0.39, 0.29) is 43.1 Å². The van der Waals surface area contributed by atoms with Crippen LogP contribution in [-0.4, -0.2) is 24.6 Å². The number of hydrogen-bond donors (Lipinski definition) is 1. The standard InChI is InChI=1S/C57H61N4O.Pt/c1-34(2)38-26-39(35(3)4)28-40(27-38)41-29-46(36-15-14-16-37(25-36)47-32-44(57(11,12)13)33-49-52(47)59-24-23-58-49)53-50(30-41)61(45-20-17-42(18-21-45)55(5,6)7)54(60-53)48-31-43(56(8,9)10)19-22-51(48)62;/h14-24,26-35,62H,1-13H3;/q-1;. The van der Waals surface area contributed by atoms with Crippen molar-refractivity contribution in [3.8, 4) is 56.2 Å². The SMILES string of the molecule is CC(C)c1cc(-c2cc(-c3[c-]c(-c4cc(C(C)(C)C)cc5nccnc45)ccc3)c3nc(-c4cc(C(C)(C)C)ccc4O)n(-c4ccc(C(C)(C)C)cc4)c3c2)cc(C(C)C)c1.[Pt]. The summed E-state index contributed by atoms with van der Waals surface area (Å²) in [5.41, 5.74) is 17.1. The van der Waals surface area contributed by atoms with Gasteiger partial charge in [-0.1, -0.05) is 150 Å². The average molecular weight is 1010 g/mol. The Hall–Kier alpha value is -5.38. The van der Waals surface area contributed by atoms with Gasteiger partial charge in [0.15, 0.2) is 0 Å². The van der Waals surface area contributed by atoms with Crippen LogP contribution in [-0.2, 0) is 37.3 Å². The van der Waals surface area contributed by atoms with Crippen LogP contribution in [0, 0.1) is 6.07 Å². The predicted molar refractivity (Wildman–Crippen MR) is 261 cm³/mol. The van der Waals surface area contributed by atoms with Crippen molar-refractivity contribution >= 4 is 22.1 Å². The van der Waals surface area contributed by atoms with E-state index in [4.69, 9.17) is 15.0 Å². The largest absolute Gasteiger partial charge is 0.507 e. The summed E-state index contributed by atoms with van der Waals surface area (Å²) < 4.78 is 2.24. The molecule has 326 valence electrons. The van der Waals surface area contributed by atoms with Gasteiger partial charge < -0.3 is 5.11 Å². The number of phenols is 1. The fraction of sp³-hybridized carbons (Fsp3) is 0.316. The van der Waals surface area contributed by atoms with Crippen LogP contribution in [0.3, 0.4) is 0 Å². The molecule has 63 heavy (non-hydrogen) atoms. The van der Waals surface area contributed by atoms with Gasteiger partial charge in [0.2, 0.25) is 0 Å². The summed E-state index contributed by atoms with van der Waals surface area (Å²) >= 11 is 0. The first-order valence-electron chi connectivity index (χ1n) is 22.1. The van der Waals surface area contributed by atoms with Crippen molar-refractivity contribution in [2.75, 3.05) is 0 Å². The zero-order valence-electron chi connectivity index (χ0n) is 39.2. The molecule has 6 aromatic carbocycles. The second-order valence-corrected chi connectivity index (χ2v) is 20.8. The van der Waals surface area contributed by atoms with Gasteiger partial charge in [-0.2, -0.15) is 0 Å². The molecule has 0 spiro atoms. The second kappa shape index (κ2) is 17.0. The monoisotopic (exact) mass is 1010 g/mol. The Balaban J connectivity index is 0.00000595. The molecule has 0 fully saturated rings. The fourth-order valence-corrected chi connectivity index (χ4v) is 8.29. The molecule has 0 aliphatic rings. The van der Waals surface area contributed by atoms with Gasteiger partial charge in [-0.25, -0.2) is 4.98 Å². The van der Waals surface area contributed by atoms with Crippen LogP contribution >= 0.6 is 0 Å². The average Bonchev–Trinajstić information content (AvgIpc) is 3.61. The number of aromatic hydroxyl groups is 1. The molecule has 0 radical (unpaired) electrons. The number of rotatable bonds is 7. The quantitative estimate of drug-likeness (QED) is 0.162. The Kier molecular flexibility index (Phi) is 12.3. The van der Waals surface area contributed by atoms with Gasteiger partial charge in [-0.15, -0.1) is 35.4 Å². The third kappa shape index (κ3) is 9.05. The van der Waals surface area contributed by atoms with Crippen molar-refractivity contribution in [1.29, 1.82) is 0 Å². The molecule has 8 rings (SSSR count). The smallest absolute Gasteiger partial charge is 0.148 e. The molecule has 8 aromatic rings. The van der Waals surface area contributed by atoms with Gasteiger partial charge in [0.25, 0.3) is 0 Å². The maximum absolute atomic E-state index is 11.7. The van der Waals surface area contributed by atoms with E-state index in [2.05, 4.69) is 192 Å². The van der Waals surface area contributed by atoms with Crippen molar-refractivity contribution < 1.29 is 26.2 Å². The van der Waals surface area contributed by atoms with Gasteiger partial charge in [-0.3, -0.25) is 14.5 Å². The summed E-state index contributed by atoms with van der Waals surface area (Å²) in [4.78, 5) is 15.2. The molecular formula is C57H61N4OPt-. The van der Waals surface area contributed by atoms with Gasteiger partial charge >= 0.3 is 0 Å². The first-order chi connectivity index (χ1) is 29.2. The third-order valence-electron chi connectivity index (χ3n) is 12.3. The predicted octanol–water partition coefficient (Wildman–Crippen LogP) is 15.3. The topological polar surface area (TPSA) is 63.8 Å². The molecule has 5 nitrogen and oxygen atoms in total. The van der Waals surface area contributed by atoms with Gasteiger partial charge in [-0.05, 0) is 103 Å². The minimum atomic E-state index is -0.143. The molecule has 0 atom stereocenters. The Bertz CT molecular complexity index is 2950. The van der Waals surface area contributed by atoms with E-state index in [0.29, 0.717) is 23.2 Å². The molecule has 0 amide bonds. The molecule has 0 aliphatic heterocycles. The molecule has 0 bridgehead atoms. The Morgan fingerprint density at radius 2 is 1.08 bits per heavy atom. The molecule has 0 unspecified atom stereocenters. The van der Waals surface area contributed by atoms with Crippen molar-refractivity contribution in [2.45, 2.75) is 118 Å². The Labute approximate surface area is 389 Å². The maximum atomic E-state index is 11.7. The number of aromatic nitrogens is 4. The van der Waals surface area contributed by atoms with Crippen LogP contribution in [0.15, 0.2) is 116 Å². The van der Waals surface area contributed by atoms with Crippen LogP contribution in [0.1, 0.15) is 130 Å². The summed E-state index contributed by atoms with van der Waals surface area (Å²) in [5, 5.41) is 11.7. The van der Waals surface area contributed by atoms with Crippen LogP contribution < -0.4 is 0 Å². The van der Waals surface area contributed by atoms with E-state index in [1.54, 1.807) is 12.4 Å². The van der Waals surface area contributed by atoms with E-state index < -0.39 is 0 Å². The van der Waals surface area contributed by atoms with Crippen molar-refractivity contribution in [1.82, 2.24) is 19.5 Å². The Morgan fingerprint density at radius 3 is 1.67 bits per heavy atom. The number of nitrogens with zero attached hydrogens (tertiary/aromatic N) is 4. The van der Waals surface area contributed by atoms with Gasteiger partial charge in [0, 0.05) is 39.1 Å². The van der Waals surface area contributed by atoms with Crippen LogP contribution in [0.25, 0.3) is 72.5 Å². The number of hydrogen-bond acceptors (Lipinski definition) is 4. The van der Waals surface area contributed by atoms with Gasteiger partial charge in [0.1, 0.15) is 11.6 Å². The molecule has 0 saturated heterocycles. The van der Waals surface area contributed by atoms with E-state index in [1.165, 1.54) is 22.3 Å². The first-order valence-corrected chi connectivity index (χ1v) is 22.1. The van der Waals surface area contributed by atoms with Crippen LogP contribution in [0.4, 0.5) is 0 Å².